The summed E-state index contributed by atoms with van der Waals surface area (Å²) in [6, 6.07) is 6.58. The average molecular weight is 426 g/mol. The predicted octanol–water partition coefficient (Wildman–Crippen LogP) is 5.03. The zero-order chi connectivity index (χ0) is 18.2. The van der Waals surface area contributed by atoms with Gasteiger partial charge in [-0.15, -0.1) is 0 Å². The topological polar surface area (TPSA) is 44.6 Å². The van der Waals surface area contributed by atoms with Gasteiger partial charge in [-0.25, -0.2) is 0 Å². The molecule has 1 spiro atoms. The first kappa shape index (κ1) is 19.4. The summed E-state index contributed by atoms with van der Waals surface area (Å²) in [5, 5.41) is 0. The number of hydrogen-bond donors (Lipinski definition) is 0. The number of fused-ring (bicyclic) bond motifs is 1. The van der Waals surface area contributed by atoms with E-state index < -0.39 is 11.4 Å². The standard InChI is InChI=1S/C20H28BrNO2S/c1-5-24-17-8-9-20(18(11-17)22-25(23)19(2,3)4)12-14-6-7-16(21)10-15(14)13-20/h6-7,10,17H,5,8-9,11-13H2,1-4H3/t17-,20-,25?/m1/s1. The van der Waals surface area contributed by atoms with Crippen LogP contribution in [0.1, 0.15) is 58.1 Å². The predicted molar refractivity (Wildman–Crippen MR) is 109 cm³/mol. The van der Waals surface area contributed by atoms with E-state index in [-0.39, 0.29) is 16.3 Å². The van der Waals surface area contributed by atoms with Crippen LogP contribution in [-0.4, -0.2) is 27.7 Å². The van der Waals surface area contributed by atoms with Crippen LogP contribution in [0.4, 0.5) is 0 Å². The molecule has 5 heteroatoms. The van der Waals surface area contributed by atoms with Crippen molar-refractivity contribution in [3.63, 3.8) is 0 Å². The third-order valence-corrected chi connectivity index (χ3v) is 7.25. The molecule has 2 aliphatic rings. The van der Waals surface area contributed by atoms with Crippen molar-refractivity contribution in [1.29, 1.82) is 0 Å². The molecule has 0 saturated heterocycles. The minimum atomic E-state index is -1.22. The van der Waals surface area contributed by atoms with E-state index >= 15 is 0 Å². The first-order valence-electron chi connectivity index (χ1n) is 9.12. The smallest absolute Gasteiger partial charge is 0.144 e. The molecular weight excluding hydrogens is 398 g/mol. The molecule has 1 aromatic carbocycles. The van der Waals surface area contributed by atoms with Crippen LogP contribution < -0.4 is 0 Å². The second-order valence-corrected chi connectivity index (χ2v) is 11.1. The maximum absolute atomic E-state index is 12.7. The monoisotopic (exact) mass is 425 g/mol. The first-order valence-corrected chi connectivity index (χ1v) is 11.0. The van der Waals surface area contributed by atoms with Gasteiger partial charge >= 0.3 is 0 Å². The minimum absolute atomic E-state index is 0.0254. The second kappa shape index (κ2) is 7.34. The average Bonchev–Trinajstić information content (AvgIpc) is 2.88. The van der Waals surface area contributed by atoms with Gasteiger partial charge in [0.15, 0.2) is 0 Å². The Kier molecular flexibility index (Phi) is 5.69. The highest BCUT2D eigenvalue weighted by Crippen LogP contribution is 2.47. The van der Waals surface area contributed by atoms with Crippen LogP contribution >= 0.6 is 15.9 Å². The van der Waals surface area contributed by atoms with Crippen LogP contribution in [0.25, 0.3) is 0 Å². The van der Waals surface area contributed by atoms with Crippen molar-refractivity contribution >= 4 is 33.0 Å². The molecule has 1 unspecified atom stereocenters. The van der Waals surface area contributed by atoms with E-state index in [4.69, 9.17) is 9.13 Å². The molecule has 1 fully saturated rings. The van der Waals surface area contributed by atoms with Crippen LogP contribution in [0, 0.1) is 5.41 Å². The Balaban J connectivity index is 1.93. The van der Waals surface area contributed by atoms with Gasteiger partial charge in [0.2, 0.25) is 0 Å². The van der Waals surface area contributed by atoms with Crippen molar-refractivity contribution < 1.29 is 9.29 Å². The molecule has 3 rings (SSSR count). The van der Waals surface area contributed by atoms with Crippen LogP contribution in [0.3, 0.4) is 0 Å². The summed E-state index contributed by atoms with van der Waals surface area (Å²) in [6.07, 6.45) is 5.15. The van der Waals surface area contributed by atoms with Gasteiger partial charge in [-0.2, -0.15) is 0 Å². The normalized spacial score (nSPS) is 29.2. The molecule has 0 amide bonds. The minimum Gasteiger partial charge on any atom is -0.591 e. The highest BCUT2D eigenvalue weighted by molar-refractivity contribution is 9.10. The molecule has 0 N–H and O–H groups in total. The van der Waals surface area contributed by atoms with Crippen LogP contribution in [0.15, 0.2) is 27.1 Å². The second-order valence-electron chi connectivity index (χ2n) is 8.27. The third kappa shape index (κ3) is 4.15. The molecular formula is C20H28BrNO2S. The lowest BCUT2D eigenvalue weighted by molar-refractivity contribution is 0.0439. The number of ether oxygens (including phenoxy) is 1. The van der Waals surface area contributed by atoms with Crippen molar-refractivity contribution in [2.24, 2.45) is 9.81 Å². The Morgan fingerprint density at radius 1 is 1.32 bits per heavy atom. The van der Waals surface area contributed by atoms with Crippen molar-refractivity contribution in [3.8, 4) is 0 Å². The summed E-state index contributed by atoms with van der Waals surface area (Å²) < 4.78 is 24.2. The Bertz CT molecular complexity index is 670. The summed E-state index contributed by atoms with van der Waals surface area (Å²) in [5.41, 5.74) is 3.95. The lowest BCUT2D eigenvalue weighted by atomic mass is 9.69. The molecule has 138 valence electrons. The maximum atomic E-state index is 12.7. The van der Waals surface area contributed by atoms with Crippen LogP contribution in [0.5, 0.6) is 0 Å². The number of rotatable bonds is 3. The summed E-state index contributed by atoms with van der Waals surface area (Å²) in [7, 11) is 0. The van der Waals surface area contributed by atoms with Crippen molar-refractivity contribution in [3.05, 3.63) is 33.8 Å². The Morgan fingerprint density at radius 2 is 2.04 bits per heavy atom. The summed E-state index contributed by atoms with van der Waals surface area (Å²) >= 11 is 2.37. The van der Waals surface area contributed by atoms with Gasteiger partial charge in [0.1, 0.15) is 16.1 Å². The fourth-order valence-corrected chi connectivity index (χ4v) is 5.12. The summed E-state index contributed by atoms with van der Waals surface area (Å²) in [4.78, 5) is 0. The van der Waals surface area contributed by atoms with Gasteiger partial charge < -0.3 is 9.29 Å². The van der Waals surface area contributed by atoms with Gasteiger partial charge in [0, 0.05) is 22.9 Å². The zero-order valence-electron chi connectivity index (χ0n) is 15.6. The van der Waals surface area contributed by atoms with E-state index in [1.807, 2.05) is 27.7 Å². The Morgan fingerprint density at radius 3 is 2.72 bits per heavy atom. The zero-order valence-corrected chi connectivity index (χ0v) is 18.0. The van der Waals surface area contributed by atoms with Gasteiger partial charge in [-0.1, -0.05) is 26.4 Å². The first-order chi connectivity index (χ1) is 11.7. The highest BCUT2D eigenvalue weighted by atomic mass is 79.9. The number of halogens is 1. The molecule has 0 heterocycles. The van der Waals surface area contributed by atoms with E-state index in [1.54, 1.807) is 0 Å². The highest BCUT2D eigenvalue weighted by Gasteiger charge is 2.47. The lowest BCUT2D eigenvalue weighted by Gasteiger charge is -2.38. The van der Waals surface area contributed by atoms with Gasteiger partial charge in [0.05, 0.1) is 11.8 Å². The molecule has 0 bridgehead atoms. The number of nitrogens with zero attached hydrogens (tertiary/aromatic N) is 1. The maximum Gasteiger partial charge on any atom is 0.144 e. The molecule has 0 aromatic heterocycles. The molecule has 3 atom stereocenters. The van der Waals surface area contributed by atoms with Gasteiger partial charge in [-0.05, 0) is 76.6 Å². The van der Waals surface area contributed by atoms with E-state index in [2.05, 4.69) is 34.1 Å². The van der Waals surface area contributed by atoms with Crippen LogP contribution in [0.2, 0.25) is 0 Å². The molecule has 0 aliphatic heterocycles. The molecule has 0 radical (unpaired) electrons. The fraction of sp³-hybridized carbons (Fsp3) is 0.650. The molecule has 25 heavy (non-hydrogen) atoms. The molecule has 1 saturated carbocycles. The van der Waals surface area contributed by atoms with Crippen molar-refractivity contribution in [2.75, 3.05) is 6.61 Å². The SMILES string of the molecule is CCO[C@@H]1CC[C@]2(Cc3ccc(Br)cc3C2)C(=N[S+]([O-])C(C)(C)C)C1. The Labute approximate surface area is 163 Å². The van der Waals surface area contributed by atoms with Gasteiger partial charge in [0.25, 0.3) is 0 Å². The molecule has 1 aromatic rings. The van der Waals surface area contributed by atoms with E-state index in [0.717, 1.165) is 48.9 Å². The third-order valence-electron chi connectivity index (χ3n) is 5.32. The quantitative estimate of drug-likeness (QED) is 0.637. The largest absolute Gasteiger partial charge is 0.591 e. The van der Waals surface area contributed by atoms with Gasteiger partial charge in [-0.3, -0.25) is 0 Å². The Hall–Kier alpha value is -0.360. The number of benzene rings is 1. The van der Waals surface area contributed by atoms with E-state index in [9.17, 15) is 4.55 Å². The van der Waals surface area contributed by atoms with Crippen LogP contribution in [-0.2, 0) is 28.9 Å². The number of hydrogen-bond acceptors (Lipinski definition) is 3. The summed E-state index contributed by atoms with van der Waals surface area (Å²) in [6.45, 7) is 8.73. The fourth-order valence-electron chi connectivity index (χ4n) is 3.97. The van der Waals surface area contributed by atoms with Crippen molar-refractivity contribution in [1.82, 2.24) is 0 Å². The van der Waals surface area contributed by atoms with E-state index in [0.29, 0.717) is 0 Å². The lowest BCUT2D eigenvalue weighted by Crippen LogP contribution is -2.42. The van der Waals surface area contributed by atoms with Crippen molar-refractivity contribution in [2.45, 2.75) is 70.7 Å². The summed E-state index contributed by atoms with van der Waals surface area (Å²) in [5.74, 6) is 0. The molecule has 3 nitrogen and oxygen atoms in total. The van der Waals surface area contributed by atoms with E-state index in [1.165, 1.54) is 11.1 Å². The molecule has 2 aliphatic carbocycles.